The number of likely N-dealkylation sites (tertiary alicyclic amines) is 1. The monoisotopic (exact) mass is 611 g/mol. The molecule has 0 bridgehead atoms. The highest BCUT2D eigenvalue weighted by atomic mass is 19.4. The van der Waals surface area contributed by atoms with Gasteiger partial charge in [-0.1, -0.05) is 60.7 Å². The van der Waals surface area contributed by atoms with Crippen molar-refractivity contribution in [2.75, 3.05) is 13.1 Å². The number of fused-ring (bicyclic) bond motifs is 1. The molecule has 2 aromatic heterocycles. The molecule has 1 aliphatic heterocycles. The molecular formula is C36H32F3N3O3. The second-order valence-electron chi connectivity index (χ2n) is 11.2. The van der Waals surface area contributed by atoms with Crippen LogP contribution in [0, 0.1) is 6.92 Å². The van der Waals surface area contributed by atoms with Gasteiger partial charge in [-0.3, -0.25) is 0 Å². The summed E-state index contributed by atoms with van der Waals surface area (Å²) in [5.41, 5.74) is 3.61. The Labute approximate surface area is 259 Å². The van der Waals surface area contributed by atoms with Crippen LogP contribution in [0.2, 0.25) is 0 Å². The molecule has 3 aromatic carbocycles. The molecule has 0 radical (unpaired) electrons. The molecule has 1 aliphatic rings. The first-order chi connectivity index (χ1) is 21.7. The van der Waals surface area contributed by atoms with Crippen molar-refractivity contribution in [1.29, 1.82) is 0 Å². The van der Waals surface area contributed by atoms with Crippen LogP contribution in [0.1, 0.15) is 46.7 Å². The predicted molar refractivity (Wildman–Crippen MR) is 166 cm³/mol. The van der Waals surface area contributed by atoms with Gasteiger partial charge in [-0.2, -0.15) is 13.2 Å². The number of rotatable bonds is 7. The van der Waals surface area contributed by atoms with Crippen LogP contribution in [0.4, 0.5) is 18.0 Å². The SMILES string of the molecule is Cc1cc(C(F)(F)F)cc(OCc2ccccc2)c1-c1ccc2ccc(C3CCCN(C(=O)OCc4ccccc4)C3)nc2n1. The van der Waals surface area contributed by atoms with E-state index in [1.54, 1.807) is 17.9 Å². The minimum Gasteiger partial charge on any atom is -0.488 e. The molecule has 0 spiro atoms. The van der Waals surface area contributed by atoms with Gasteiger partial charge in [0.1, 0.15) is 19.0 Å². The molecule has 1 amide bonds. The lowest BCUT2D eigenvalue weighted by Crippen LogP contribution is -2.39. The molecule has 9 heteroatoms. The van der Waals surface area contributed by atoms with Crippen LogP contribution in [0.25, 0.3) is 22.3 Å². The van der Waals surface area contributed by atoms with Crippen molar-refractivity contribution in [2.45, 2.75) is 45.1 Å². The standard InChI is InChI=1S/C36H32F3N3O3/c1-24-19-29(36(37,38)39)20-32(44-22-25-9-4-2-5-10-25)33(24)31-17-15-27-14-16-30(40-34(27)41-31)28-13-8-18-42(21-28)35(43)45-23-26-11-6-3-7-12-26/h2-7,9-12,14-17,19-20,28H,8,13,18,21-23H2,1H3. The van der Waals surface area contributed by atoms with Gasteiger partial charge >= 0.3 is 12.3 Å². The Morgan fingerprint density at radius 2 is 1.58 bits per heavy atom. The number of benzene rings is 3. The summed E-state index contributed by atoms with van der Waals surface area (Å²) in [5, 5.41) is 0.800. The number of nitrogens with zero attached hydrogens (tertiary/aromatic N) is 3. The maximum atomic E-state index is 13.8. The number of hydrogen-bond acceptors (Lipinski definition) is 5. The van der Waals surface area contributed by atoms with Crippen LogP contribution < -0.4 is 4.74 Å². The Bertz CT molecular complexity index is 1800. The molecule has 0 aliphatic carbocycles. The fourth-order valence-corrected chi connectivity index (χ4v) is 5.67. The molecule has 3 heterocycles. The van der Waals surface area contributed by atoms with Crippen LogP contribution in [-0.4, -0.2) is 34.1 Å². The number of amides is 1. The molecule has 6 nitrogen and oxygen atoms in total. The van der Waals surface area contributed by atoms with Crippen molar-refractivity contribution >= 4 is 17.1 Å². The third kappa shape index (κ3) is 7.09. The maximum absolute atomic E-state index is 13.8. The van der Waals surface area contributed by atoms with Crippen molar-refractivity contribution in [3.8, 4) is 17.0 Å². The number of hydrogen-bond donors (Lipinski definition) is 0. The molecular weight excluding hydrogens is 579 g/mol. The first-order valence-electron chi connectivity index (χ1n) is 14.9. The second kappa shape index (κ2) is 13.0. The van der Waals surface area contributed by atoms with Crippen molar-refractivity contribution in [2.24, 2.45) is 0 Å². The zero-order valence-corrected chi connectivity index (χ0v) is 24.8. The van der Waals surface area contributed by atoms with Crippen molar-refractivity contribution in [3.05, 3.63) is 125 Å². The molecule has 5 aromatic rings. The largest absolute Gasteiger partial charge is 0.488 e. The molecule has 0 saturated carbocycles. The van der Waals surface area contributed by atoms with E-state index in [2.05, 4.69) is 0 Å². The predicted octanol–water partition coefficient (Wildman–Crippen LogP) is 8.72. The lowest BCUT2D eigenvalue weighted by atomic mass is 9.94. The lowest BCUT2D eigenvalue weighted by Gasteiger charge is -2.31. The highest BCUT2D eigenvalue weighted by molar-refractivity contribution is 5.81. The van der Waals surface area contributed by atoms with Gasteiger partial charge < -0.3 is 14.4 Å². The second-order valence-corrected chi connectivity index (χ2v) is 11.2. The number of halogens is 3. The van der Waals surface area contributed by atoms with E-state index in [9.17, 15) is 18.0 Å². The quantitative estimate of drug-likeness (QED) is 0.184. The van der Waals surface area contributed by atoms with Gasteiger partial charge in [-0.05, 0) is 72.9 Å². The molecule has 1 fully saturated rings. The fourth-order valence-electron chi connectivity index (χ4n) is 5.67. The van der Waals surface area contributed by atoms with E-state index >= 15 is 0 Å². The number of ether oxygens (including phenoxy) is 2. The van der Waals surface area contributed by atoms with E-state index in [1.807, 2.05) is 78.9 Å². The Balaban J connectivity index is 1.26. The van der Waals surface area contributed by atoms with E-state index in [-0.39, 0.29) is 31.0 Å². The van der Waals surface area contributed by atoms with Crippen LogP contribution in [-0.2, 0) is 24.1 Å². The number of alkyl halides is 3. The first kappa shape index (κ1) is 30.1. The molecule has 1 atom stereocenters. The number of carbonyl (C=O) groups is 1. The Morgan fingerprint density at radius 3 is 2.29 bits per heavy atom. The number of pyridine rings is 2. The van der Waals surface area contributed by atoms with Gasteiger partial charge in [0.15, 0.2) is 5.65 Å². The molecule has 6 rings (SSSR count). The van der Waals surface area contributed by atoms with E-state index in [0.717, 1.165) is 47.2 Å². The summed E-state index contributed by atoms with van der Waals surface area (Å²) >= 11 is 0. The molecule has 1 saturated heterocycles. The average Bonchev–Trinajstić information content (AvgIpc) is 3.06. The lowest BCUT2D eigenvalue weighted by molar-refractivity contribution is -0.137. The molecule has 45 heavy (non-hydrogen) atoms. The van der Waals surface area contributed by atoms with E-state index in [1.165, 1.54) is 0 Å². The van der Waals surface area contributed by atoms with Crippen LogP contribution >= 0.6 is 0 Å². The van der Waals surface area contributed by atoms with Crippen LogP contribution in [0.15, 0.2) is 97.1 Å². The summed E-state index contributed by atoms with van der Waals surface area (Å²) in [5.74, 6) is 0.0987. The average molecular weight is 612 g/mol. The molecule has 0 N–H and O–H groups in total. The number of aryl methyl sites for hydroxylation is 1. The molecule has 1 unspecified atom stereocenters. The Hall–Kier alpha value is -4.92. The zero-order chi connectivity index (χ0) is 31.4. The fraction of sp³-hybridized carbons (Fsp3) is 0.250. The van der Waals surface area contributed by atoms with E-state index in [0.29, 0.717) is 35.6 Å². The first-order valence-corrected chi connectivity index (χ1v) is 14.9. The van der Waals surface area contributed by atoms with E-state index < -0.39 is 11.7 Å². The Morgan fingerprint density at radius 1 is 0.889 bits per heavy atom. The topological polar surface area (TPSA) is 64.5 Å². The van der Waals surface area contributed by atoms with Crippen LogP contribution in [0.3, 0.4) is 0 Å². The van der Waals surface area contributed by atoms with Gasteiger partial charge in [-0.15, -0.1) is 0 Å². The van der Waals surface area contributed by atoms with Crippen molar-refractivity contribution < 1.29 is 27.4 Å². The summed E-state index contributed by atoms with van der Waals surface area (Å²) in [6, 6.07) is 28.5. The zero-order valence-electron chi connectivity index (χ0n) is 24.8. The van der Waals surface area contributed by atoms with Crippen molar-refractivity contribution in [1.82, 2.24) is 14.9 Å². The number of carbonyl (C=O) groups excluding carboxylic acids is 1. The minimum absolute atomic E-state index is 0.00421. The third-order valence-electron chi connectivity index (χ3n) is 8.00. The van der Waals surface area contributed by atoms with Crippen LogP contribution in [0.5, 0.6) is 5.75 Å². The highest BCUT2D eigenvalue weighted by Crippen LogP contribution is 2.40. The minimum atomic E-state index is -4.52. The summed E-state index contributed by atoms with van der Waals surface area (Å²) in [4.78, 5) is 24.2. The van der Waals surface area contributed by atoms with Gasteiger partial charge in [0.25, 0.3) is 0 Å². The van der Waals surface area contributed by atoms with Gasteiger partial charge in [0.2, 0.25) is 0 Å². The molecule has 230 valence electrons. The van der Waals surface area contributed by atoms with Crippen molar-refractivity contribution in [3.63, 3.8) is 0 Å². The summed E-state index contributed by atoms with van der Waals surface area (Å²) in [7, 11) is 0. The summed E-state index contributed by atoms with van der Waals surface area (Å²) < 4.78 is 52.8. The Kier molecular flexibility index (Phi) is 8.69. The van der Waals surface area contributed by atoms with Gasteiger partial charge in [0, 0.05) is 35.7 Å². The van der Waals surface area contributed by atoms with E-state index in [4.69, 9.17) is 19.4 Å². The number of piperidine rings is 1. The summed E-state index contributed by atoms with van der Waals surface area (Å²) in [6.07, 6.45) is -3.21. The number of aromatic nitrogens is 2. The highest BCUT2D eigenvalue weighted by Gasteiger charge is 2.33. The summed E-state index contributed by atoms with van der Waals surface area (Å²) in [6.45, 7) is 3.03. The normalized spacial score (nSPS) is 15.2. The van der Waals surface area contributed by atoms with Gasteiger partial charge in [0.05, 0.1) is 11.3 Å². The smallest absolute Gasteiger partial charge is 0.416 e. The van der Waals surface area contributed by atoms with Gasteiger partial charge in [-0.25, -0.2) is 14.8 Å². The maximum Gasteiger partial charge on any atom is 0.416 e. The third-order valence-corrected chi connectivity index (χ3v) is 8.00.